The molecule has 0 radical (unpaired) electrons. The molecule has 2 aliphatic rings. The Kier molecular flexibility index (Phi) is 4.97. The number of urea groups is 1. The summed E-state index contributed by atoms with van der Waals surface area (Å²) in [6.07, 6.45) is 5.38. The van der Waals surface area contributed by atoms with Gasteiger partial charge < -0.3 is 15.1 Å². The molecule has 1 aromatic rings. The lowest BCUT2D eigenvalue weighted by Crippen LogP contribution is -2.46. The Morgan fingerprint density at radius 3 is 2.73 bits per heavy atom. The monoisotopic (exact) mass is 321 g/mol. The third-order valence-electron chi connectivity index (χ3n) is 4.54. The molecule has 6 heteroatoms. The molecule has 0 bridgehead atoms. The molecule has 3 heterocycles. The lowest BCUT2D eigenvalue weighted by molar-refractivity contribution is -0.130. The van der Waals surface area contributed by atoms with E-state index in [1.54, 1.807) is 11.3 Å². The first-order chi connectivity index (χ1) is 10.8. The molecule has 120 valence electrons. The van der Waals surface area contributed by atoms with Crippen LogP contribution >= 0.6 is 11.3 Å². The van der Waals surface area contributed by atoms with Gasteiger partial charge in [0.25, 0.3) is 0 Å². The summed E-state index contributed by atoms with van der Waals surface area (Å²) in [6.45, 7) is 2.54. The molecule has 2 saturated heterocycles. The number of rotatable bonds is 3. The molecule has 1 N–H and O–H groups in total. The van der Waals surface area contributed by atoms with Crippen LogP contribution in [0.2, 0.25) is 0 Å². The van der Waals surface area contributed by atoms with Crippen molar-refractivity contribution in [2.75, 3.05) is 26.2 Å². The molecular weight excluding hydrogens is 298 g/mol. The zero-order chi connectivity index (χ0) is 15.4. The summed E-state index contributed by atoms with van der Waals surface area (Å²) in [6, 6.07) is 2.13. The van der Waals surface area contributed by atoms with E-state index in [1.807, 2.05) is 15.2 Å². The van der Waals surface area contributed by atoms with Crippen molar-refractivity contribution in [3.8, 4) is 0 Å². The van der Waals surface area contributed by atoms with E-state index >= 15 is 0 Å². The number of thiophene rings is 1. The fourth-order valence-corrected chi connectivity index (χ4v) is 4.04. The number of likely N-dealkylation sites (tertiary alicyclic amines) is 2. The molecule has 5 nitrogen and oxygen atoms in total. The minimum Gasteiger partial charge on any atom is -0.341 e. The van der Waals surface area contributed by atoms with Crippen molar-refractivity contribution in [1.29, 1.82) is 0 Å². The van der Waals surface area contributed by atoms with Gasteiger partial charge in [0.15, 0.2) is 0 Å². The average Bonchev–Trinajstić information content (AvgIpc) is 3.23. The van der Waals surface area contributed by atoms with Crippen molar-refractivity contribution in [3.63, 3.8) is 0 Å². The van der Waals surface area contributed by atoms with Gasteiger partial charge in [0.2, 0.25) is 5.91 Å². The van der Waals surface area contributed by atoms with Crippen LogP contribution in [0.25, 0.3) is 0 Å². The average molecular weight is 321 g/mol. The summed E-state index contributed by atoms with van der Waals surface area (Å²) in [5, 5.41) is 6.96. The van der Waals surface area contributed by atoms with E-state index in [1.165, 1.54) is 12.0 Å². The Balaban J connectivity index is 1.52. The van der Waals surface area contributed by atoms with Crippen LogP contribution in [0.5, 0.6) is 0 Å². The molecule has 0 saturated carbocycles. The van der Waals surface area contributed by atoms with Crippen LogP contribution in [0.15, 0.2) is 16.8 Å². The van der Waals surface area contributed by atoms with Crippen molar-refractivity contribution in [2.24, 2.45) is 0 Å². The molecule has 22 heavy (non-hydrogen) atoms. The maximum absolute atomic E-state index is 12.4. The summed E-state index contributed by atoms with van der Waals surface area (Å²) < 4.78 is 0. The van der Waals surface area contributed by atoms with Crippen molar-refractivity contribution < 1.29 is 9.59 Å². The van der Waals surface area contributed by atoms with Crippen LogP contribution in [0.1, 0.15) is 43.7 Å². The van der Waals surface area contributed by atoms with Crippen LogP contribution in [0, 0.1) is 0 Å². The van der Waals surface area contributed by atoms with Crippen molar-refractivity contribution in [2.45, 2.75) is 38.1 Å². The SMILES string of the molecule is O=C(CNC(=O)N1CCC[C@@H]1c1ccsc1)N1CCCCC1. The lowest BCUT2D eigenvalue weighted by atomic mass is 10.1. The van der Waals surface area contributed by atoms with Gasteiger partial charge in [0.1, 0.15) is 0 Å². The summed E-state index contributed by atoms with van der Waals surface area (Å²) in [5.74, 6) is 0.0410. The van der Waals surface area contributed by atoms with Gasteiger partial charge in [-0.2, -0.15) is 11.3 Å². The fourth-order valence-electron chi connectivity index (χ4n) is 3.33. The minimum absolute atomic E-state index is 0.0410. The second-order valence-electron chi connectivity index (χ2n) is 6.01. The number of carbonyl (C=O) groups is 2. The summed E-state index contributed by atoms with van der Waals surface area (Å²) in [5.41, 5.74) is 1.21. The zero-order valence-corrected chi connectivity index (χ0v) is 13.6. The Labute approximate surface area is 135 Å². The predicted octanol–water partition coefficient (Wildman–Crippen LogP) is 2.61. The van der Waals surface area contributed by atoms with Crippen molar-refractivity contribution >= 4 is 23.3 Å². The maximum atomic E-state index is 12.4. The van der Waals surface area contributed by atoms with E-state index in [9.17, 15) is 9.59 Å². The van der Waals surface area contributed by atoms with Crippen LogP contribution in [-0.4, -0.2) is 47.9 Å². The molecule has 3 amide bonds. The highest BCUT2D eigenvalue weighted by Crippen LogP contribution is 2.32. The first kappa shape index (κ1) is 15.3. The van der Waals surface area contributed by atoms with Crippen LogP contribution in [-0.2, 0) is 4.79 Å². The number of piperidine rings is 1. The normalized spacial score (nSPS) is 21.9. The Morgan fingerprint density at radius 1 is 1.18 bits per heavy atom. The molecule has 3 rings (SSSR count). The third-order valence-corrected chi connectivity index (χ3v) is 5.24. The molecule has 2 aliphatic heterocycles. The van der Waals surface area contributed by atoms with Gasteiger partial charge in [0.05, 0.1) is 12.6 Å². The van der Waals surface area contributed by atoms with E-state index in [-0.39, 0.29) is 24.5 Å². The highest BCUT2D eigenvalue weighted by Gasteiger charge is 2.30. The zero-order valence-electron chi connectivity index (χ0n) is 12.8. The summed E-state index contributed by atoms with van der Waals surface area (Å²) >= 11 is 1.66. The van der Waals surface area contributed by atoms with E-state index in [4.69, 9.17) is 0 Å². The molecule has 1 aromatic heterocycles. The maximum Gasteiger partial charge on any atom is 0.318 e. The van der Waals surface area contributed by atoms with Crippen LogP contribution in [0.4, 0.5) is 4.79 Å². The molecule has 1 atom stereocenters. The molecular formula is C16H23N3O2S. The second-order valence-corrected chi connectivity index (χ2v) is 6.79. The van der Waals surface area contributed by atoms with Gasteiger partial charge in [-0.1, -0.05) is 0 Å². The first-order valence-corrected chi connectivity index (χ1v) is 9.04. The largest absolute Gasteiger partial charge is 0.341 e. The number of hydrogen-bond donors (Lipinski definition) is 1. The van der Waals surface area contributed by atoms with Gasteiger partial charge in [0, 0.05) is 19.6 Å². The second kappa shape index (κ2) is 7.13. The number of carbonyl (C=O) groups excluding carboxylic acids is 2. The van der Waals surface area contributed by atoms with Crippen molar-refractivity contribution in [3.05, 3.63) is 22.4 Å². The fraction of sp³-hybridized carbons (Fsp3) is 0.625. The van der Waals surface area contributed by atoms with Gasteiger partial charge in [-0.25, -0.2) is 4.79 Å². The highest BCUT2D eigenvalue weighted by molar-refractivity contribution is 7.07. The highest BCUT2D eigenvalue weighted by atomic mass is 32.1. The predicted molar refractivity (Wildman–Crippen MR) is 86.8 cm³/mol. The topological polar surface area (TPSA) is 52.7 Å². The third kappa shape index (κ3) is 3.43. The van der Waals surface area contributed by atoms with E-state index in [0.29, 0.717) is 0 Å². The van der Waals surface area contributed by atoms with Crippen molar-refractivity contribution in [1.82, 2.24) is 15.1 Å². The van der Waals surface area contributed by atoms with E-state index < -0.39 is 0 Å². The Bertz CT molecular complexity index is 511. The summed E-state index contributed by atoms with van der Waals surface area (Å²) in [4.78, 5) is 28.2. The van der Waals surface area contributed by atoms with Crippen LogP contribution in [0.3, 0.4) is 0 Å². The Morgan fingerprint density at radius 2 is 2.00 bits per heavy atom. The van der Waals surface area contributed by atoms with Gasteiger partial charge >= 0.3 is 6.03 Å². The van der Waals surface area contributed by atoms with Crippen LogP contribution < -0.4 is 5.32 Å². The molecule has 0 aliphatic carbocycles. The minimum atomic E-state index is -0.112. The van der Waals surface area contributed by atoms with E-state index in [0.717, 1.165) is 45.3 Å². The summed E-state index contributed by atoms with van der Waals surface area (Å²) in [7, 11) is 0. The lowest BCUT2D eigenvalue weighted by Gasteiger charge is -2.28. The smallest absolute Gasteiger partial charge is 0.318 e. The van der Waals surface area contributed by atoms with Gasteiger partial charge in [-0.05, 0) is 54.5 Å². The molecule has 0 spiro atoms. The van der Waals surface area contributed by atoms with E-state index in [2.05, 4.69) is 16.8 Å². The molecule has 0 unspecified atom stereocenters. The molecule has 0 aromatic carbocycles. The standard InChI is InChI=1S/C16H23N3O2S/c20-15(18-7-2-1-3-8-18)11-17-16(21)19-9-4-5-14(19)13-6-10-22-12-13/h6,10,12,14H,1-5,7-9,11H2,(H,17,21)/t14-/m1/s1. The first-order valence-electron chi connectivity index (χ1n) is 8.10. The Hall–Kier alpha value is -1.56. The quantitative estimate of drug-likeness (QED) is 0.930. The van der Waals surface area contributed by atoms with Gasteiger partial charge in [-0.3, -0.25) is 4.79 Å². The number of amides is 3. The van der Waals surface area contributed by atoms with Gasteiger partial charge in [-0.15, -0.1) is 0 Å². The molecule has 2 fully saturated rings. The number of nitrogens with zero attached hydrogens (tertiary/aromatic N) is 2. The number of nitrogens with one attached hydrogen (secondary N) is 1. The number of hydrogen-bond acceptors (Lipinski definition) is 3.